The Bertz CT molecular complexity index is 990. The number of aliphatic hydroxyl groups is 1. The number of nitrogens with zero attached hydrogens (tertiary/aromatic N) is 1. The van der Waals surface area contributed by atoms with Crippen LogP contribution in [0, 0.1) is 29.6 Å². The van der Waals surface area contributed by atoms with Crippen LogP contribution in [0.15, 0.2) is 12.7 Å². The first kappa shape index (κ1) is 32.6. The molecule has 2 bridgehead atoms. The summed E-state index contributed by atoms with van der Waals surface area (Å²) >= 11 is 0. The molecular weight excluding hydrogens is 555 g/mol. The van der Waals surface area contributed by atoms with Gasteiger partial charge in [0, 0.05) is 50.0 Å². The van der Waals surface area contributed by atoms with Gasteiger partial charge in [-0.15, -0.1) is 0 Å². The Morgan fingerprint density at radius 1 is 1.28 bits per heavy atom. The molecule has 5 rings (SSSR count). The van der Waals surface area contributed by atoms with E-state index in [1.165, 1.54) is 6.08 Å². The summed E-state index contributed by atoms with van der Waals surface area (Å²) in [6.45, 7) is 11.7. The van der Waals surface area contributed by atoms with Gasteiger partial charge in [-0.05, 0) is 56.6 Å². The maximum Gasteiger partial charge on any atom is 0.320 e. The summed E-state index contributed by atoms with van der Waals surface area (Å²) in [7, 11) is 1.59. The van der Waals surface area contributed by atoms with Gasteiger partial charge in [0.1, 0.15) is 12.3 Å². The maximum atomic E-state index is 15.9. The molecule has 0 aromatic rings. The van der Waals surface area contributed by atoms with Crippen molar-refractivity contribution in [3.63, 3.8) is 0 Å². The van der Waals surface area contributed by atoms with Crippen LogP contribution >= 0.6 is 0 Å². The Kier molecular flexibility index (Phi) is 10.7. The van der Waals surface area contributed by atoms with Crippen molar-refractivity contribution in [3.8, 4) is 0 Å². The molecule has 6 N–H and O–H groups in total. The van der Waals surface area contributed by atoms with Crippen LogP contribution in [0.5, 0.6) is 0 Å². The highest BCUT2D eigenvalue weighted by atomic mass is 19.1. The van der Waals surface area contributed by atoms with Crippen molar-refractivity contribution in [1.82, 2.24) is 31.5 Å². The maximum absolute atomic E-state index is 15.9. The van der Waals surface area contributed by atoms with Crippen LogP contribution in [0.4, 0.5) is 9.18 Å². The van der Waals surface area contributed by atoms with Crippen molar-refractivity contribution in [3.05, 3.63) is 12.7 Å². The van der Waals surface area contributed by atoms with E-state index in [1.54, 1.807) is 7.11 Å². The Morgan fingerprint density at radius 2 is 2.07 bits per heavy atom. The van der Waals surface area contributed by atoms with Gasteiger partial charge in [0.15, 0.2) is 0 Å². The lowest BCUT2D eigenvalue weighted by Gasteiger charge is -2.59. The molecule has 12 heteroatoms. The van der Waals surface area contributed by atoms with Crippen LogP contribution in [0.2, 0.25) is 0 Å². The molecule has 244 valence electrons. The molecule has 0 aromatic carbocycles. The number of ether oxygens (including phenoxy) is 2. The third-order valence-electron chi connectivity index (χ3n) is 10.8. The first-order valence-corrected chi connectivity index (χ1v) is 16.3. The molecule has 3 amide bonds. The zero-order valence-electron chi connectivity index (χ0n) is 26.1. The van der Waals surface area contributed by atoms with Crippen LogP contribution in [-0.4, -0.2) is 110 Å². The van der Waals surface area contributed by atoms with Crippen LogP contribution in [0.3, 0.4) is 0 Å². The van der Waals surface area contributed by atoms with E-state index >= 15 is 4.39 Å². The fraction of sp³-hybridized carbons (Fsp3) is 0.871. The summed E-state index contributed by atoms with van der Waals surface area (Å²) in [5, 5.41) is 28.8. The van der Waals surface area contributed by atoms with Gasteiger partial charge in [0.25, 0.3) is 0 Å². The van der Waals surface area contributed by atoms with Gasteiger partial charge in [-0.1, -0.05) is 27.4 Å². The monoisotopic (exact) mass is 608 g/mol. The lowest BCUT2D eigenvalue weighted by Crippen LogP contribution is -2.79. The van der Waals surface area contributed by atoms with E-state index in [0.717, 1.165) is 25.8 Å². The number of carbonyl (C=O) groups excluding carboxylic acids is 2. The number of halogens is 1. The fourth-order valence-corrected chi connectivity index (χ4v) is 8.67. The lowest BCUT2D eigenvalue weighted by molar-refractivity contribution is -0.154. The molecule has 1 saturated carbocycles. The second kappa shape index (κ2) is 14.1. The highest BCUT2D eigenvalue weighted by molar-refractivity contribution is 5.86. The van der Waals surface area contributed by atoms with Crippen molar-refractivity contribution in [2.45, 2.75) is 108 Å². The average molecular weight is 609 g/mol. The summed E-state index contributed by atoms with van der Waals surface area (Å²) in [5.74, 6) is -0.576. The summed E-state index contributed by atoms with van der Waals surface area (Å²) < 4.78 is 28.2. The number of nitrogens with one attached hydrogen (secondary N) is 5. The van der Waals surface area contributed by atoms with Crippen LogP contribution < -0.4 is 26.6 Å². The fourth-order valence-electron chi connectivity index (χ4n) is 8.67. The van der Waals surface area contributed by atoms with Crippen molar-refractivity contribution >= 4 is 11.9 Å². The Morgan fingerprint density at radius 3 is 2.79 bits per heavy atom. The van der Waals surface area contributed by atoms with Crippen molar-refractivity contribution < 1.29 is 28.6 Å². The molecule has 0 radical (unpaired) electrons. The minimum atomic E-state index is -1.02. The van der Waals surface area contributed by atoms with Crippen molar-refractivity contribution in [2.24, 2.45) is 29.6 Å². The molecule has 5 aliphatic rings. The Labute approximate surface area is 255 Å². The predicted molar refractivity (Wildman–Crippen MR) is 161 cm³/mol. The third kappa shape index (κ3) is 6.60. The smallest absolute Gasteiger partial charge is 0.320 e. The van der Waals surface area contributed by atoms with Gasteiger partial charge in [0.2, 0.25) is 5.91 Å². The number of carbonyl (C=O) groups is 2. The van der Waals surface area contributed by atoms with E-state index in [4.69, 9.17) is 9.47 Å². The SMILES string of the molecule is C=CC(=O)NCCNC1NC(=O)N2C3NC(C(C)CC13)C1C(F)CCCC1OCC(OC)C(O)C1CCNC(C(C)C)C12. The van der Waals surface area contributed by atoms with Crippen LogP contribution in [0.25, 0.3) is 0 Å². The molecule has 4 heterocycles. The summed E-state index contributed by atoms with van der Waals surface area (Å²) in [5.41, 5.74) is 0. The molecule has 13 atom stereocenters. The number of fused-ring (bicyclic) bond motifs is 5. The quantitative estimate of drug-likeness (QED) is 0.187. The van der Waals surface area contributed by atoms with Crippen LogP contribution in [-0.2, 0) is 14.3 Å². The average Bonchev–Trinajstić information content (AvgIpc) is 2.98. The molecule has 0 aromatic heterocycles. The summed E-state index contributed by atoms with van der Waals surface area (Å²) in [4.78, 5) is 27.8. The molecule has 4 aliphatic heterocycles. The summed E-state index contributed by atoms with van der Waals surface area (Å²) in [6, 6.07) is -0.785. The number of aliphatic hydroxyl groups excluding tert-OH is 1. The number of piperidine rings is 2. The minimum absolute atomic E-state index is 0.0335. The van der Waals surface area contributed by atoms with E-state index in [9.17, 15) is 14.7 Å². The van der Waals surface area contributed by atoms with Gasteiger partial charge < -0.3 is 35.4 Å². The first-order chi connectivity index (χ1) is 20.7. The molecule has 5 fully saturated rings. The van der Waals surface area contributed by atoms with E-state index in [-0.39, 0.29) is 84.7 Å². The second-order valence-corrected chi connectivity index (χ2v) is 13.6. The number of methoxy groups -OCH3 is 1. The summed E-state index contributed by atoms with van der Waals surface area (Å²) in [6.07, 6.45) is 1.18. The van der Waals surface area contributed by atoms with E-state index in [1.807, 2.05) is 4.90 Å². The number of amides is 3. The molecule has 13 unspecified atom stereocenters. The lowest BCUT2D eigenvalue weighted by atomic mass is 9.69. The van der Waals surface area contributed by atoms with Crippen molar-refractivity contribution in [2.75, 3.05) is 33.4 Å². The number of alkyl halides is 1. The molecule has 43 heavy (non-hydrogen) atoms. The largest absolute Gasteiger partial charge is 0.390 e. The zero-order chi connectivity index (χ0) is 30.8. The van der Waals surface area contributed by atoms with Gasteiger partial charge in [-0.2, -0.15) is 0 Å². The van der Waals surface area contributed by atoms with Crippen LogP contribution in [0.1, 0.15) is 52.9 Å². The predicted octanol–water partition coefficient (Wildman–Crippen LogP) is 1.09. The highest BCUT2D eigenvalue weighted by Gasteiger charge is 2.56. The minimum Gasteiger partial charge on any atom is -0.390 e. The molecule has 11 nitrogen and oxygen atoms in total. The molecular formula is C31H53FN6O5. The second-order valence-electron chi connectivity index (χ2n) is 13.6. The zero-order valence-corrected chi connectivity index (χ0v) is 26.1. The normalized spacial score (nSPS) is 43.4. The van der Waals surface area contributed by atoms with Crippen molar-refractivity contribution in [1.29, 1.82) is 0 Å². The van der Waals surface area contributed by atoms with Gasteiger partial charge in [0.05, 0.1) is 37.2 Å². The van der Waals surface area contributed by atoms with E-state index < -0.39 is 18.4 Å². The topological polar surface area (TPSA) is 136 Å². The van der Waals surface area contributed by atoms with E-state index in [0.29, 0.717) is 25.9 Å². The Hall–Kier alpha value is -1.83. The number of hydrogen-bond acceptors (Lipinski definition) is 8. The Balaban J connectivity index is 1.53. The molecule has 4 saturated heterocycles. The molecule has 0 spiro atoms. The van der Waals surface area contributed by atoms with Gasteiger partial charge in [-0.3, -0.25) is 15.4 Å². The number of urea groups is 1. The van der Waals surface area contributed by atoms with Gasteiger partial charge in [-0.25, -0.2) is 9.18 Å². The number of hydrogen-bond donors (Lipinski definition) is 6. The van der Waals surface area contributed by atoms with E-state index in [2.05, 4.69) is 53.9 Å². The molecule has 1 aliphatic carbocycles. The first-order valence-electron chi connectivity index (χ1n) is 16.3. The van der Waals surface area contributed by atoms with Gasteiger partial charge >= 0.3 is 6.03 Å². The number of rotatable bonds is 7. The third-order valence-corrected chi connectivity index (χ3v) is 10.8. The highest BCUT2D eigenvalue weighted by Crippen LogP contribution is 2.43. The standard InChI is InChI=1S/C31H53FN6O5/c1-6-23(39)33-12-13-35-29-19-14-17(4)26-24-20(32)8-7-9-21(24)43-15-22(42-5)28(40)18-10-11-34-25(16(2)3)27(18)38(30(19)36-26)31(41)37-29/h6,16-22,24-30,34-36,40H,1,7-15H2,2-5H3,(H,33,39)(H,37,41).